The van der Waals surface area contributed by atoms with Crippen molar-refractivity contribution in [2.45, 2.75) is 24.6 Å². The molecule has 2 heterocycles. The topological polar surface area (TPSA) is 91.1 Å². The van der Waals surface area contributed by atoms with Crippen LogP contribution >= 0.6 is 0 Å². The lowest BCUT2D eigenvalue weighted by Gasteiger charge is -2.39. The number of nitriles is 1. The highest BCUT2D eigenvalue weighted by Crippen LogP contribution is 2.33. The normalized spacial score (nSPS) is 19.1. The number of alkyl halides is 3. The van der Waals surface area contributed by atoms with Gasteiger partial charge in [0.1, 0.15) is 6.07 Å². The van der Waals surface area contributed by atoms with E-state index in [1.54, 1.807) is 11.0 Å². The molecule has 158 valence electrons. The first-order chi connectivity index (χ1) is 14.2. The average molecular weight is 423 g/mol. The third-order valence-electron chi connectivity index (χ3n) is 4.88. The van der Waals surface area contributed by atoms with E-state index >= 15 is 0 Å². The molecule has 1 aliphatic heterocycles. The fraction of sp³-hybridized carbons (Fsp3) is 0.368. The second-order valence-electron chi connectivity index (χ2n) is 6.70. The van der Waals surface area contributed by atoms with Crippen LogP contribution < -0.4 is 15.0 Å². The van der Waals surface area contributed by atoms with Crippen LogP contribution in [0.3, 0.4) is 0 Å². The number of benzene rings is 1. The first kappa shape index (κ1) is 21.3. The number of piperidine rings is 1. The zero-order valence-corrected chi connectivity index (χ0v) is 15.8. The van der Waals surface area contributed by atoms with Crippen molar-refractivity contribution >= 4 is 11.7 Å². The van der Waals surface area contributed by atoms with E-state index in [1.165, 1.54) is 31.4 Å². The van der Waals surface area contributed by atoms with Gasteiger partial charge in [-0.25, -0.2) is 4.39 Å². The van der Waals surface area contributed by atoms with Crippen LogP contribution in [0, 0.1) is 17.1 Å². The fourth-order valence-electron chi connectivity index (χ4n) is 3.42. The number of halogens is 4. The number of nitrogens with zero attached hydrogens (tertiary/aromatic N) is 4. The maximum absolute atomic E-state index is 14.1. The summed E-state index contributed by atoms with van der Waals surface area (Å²) in [6.07, 6.45) is -4.72. The van der Waals surface area contributed by atoms with Crippen molar-refractivity contribution in [3.05, 3.63) is 47.4 Å². The number of anilines is 1. The van der Waals surface area contributed by atoms with Gasteiger partial charge in [0.25, 0.3) is 0 Å². The number of amides is 1. The number of rotatable bonds is 4. The highest BCUT2D eigenvalue weighted by Gasteiger charge is 2.42. The predicted octanol–water partition coefficient (Wildman–Crippen LogP) is 2.54. The lowest BCUT2D eigenvalue weighted by Crippen LogP contribution is -2.54. The van der Waals surface area contributed by atoms with Gasteiger partial charge in [-0.3, -0.25) is 4.79 Å². The molecule has 0 saturated carbocycles. The first-order valence-electron chi connectivity index (χ1n) is 8.93. The molecule has 1 N–H and O–H groups in total. The second-order valence-corrected chi connectivity index (χ2v) is 6.70. The molecule has 3 rings (SSSR count). The maximum Gasteiger partial charge on any atom is 0.471 e. The minimum absolute atomic E-state index is 0.000709. The molecule has 0 bridgehead atoms. The van der Waals surface area contributed by atoms with Gasteiger partial charge >= 0.3 is 12.1 Å². The van der Waals surface area contributed by atoms with E-state index in [-0.39, 0.29) is 18.0 Å². The molecule has 1 aromatic carbocycles. The van der Waals surface area contributed by atoms with E-state index in [0.29, 0.717) is 24.3 Å². The van der Waals surface area contributed by atoms with Crippen molar-refractivity contribution in [3.63, 3.8) is 0 Å². The monoisotopic (exact) mass is 423 g/mol. The number of ether oxygens (including phenoxy) is 1. The molecule has 2 aromatic rings. The van der Waals surface area contributed by atoms with Gasteiger partial charge in [-0.2, -0.15) is 18.4 Å². The molecule has 11 heteroatoms. The van der Waals surface area contributed by atoms with Gasteiger partial charge in [-0.05, 0) is 36.2 Å². The third-order valence-corrected chi connectivity index (χ3v) is 4.88. The third kappa shape index (κ3) is 4.59. The Morgan fingerprint density at radius 3 is 2.63 bits per heavy atom. The van der Waals surface area contributed by atoms with Crippen molar-refractivity contribution in [2.24, 2.45) is 0 Å². The number of nitrogens with one attached hydrogen (secondary N) is 1. The molecule has 1 amide bonds. The average Bonchev–Trinajstić information content (AvgIpc) is 2.73. The first-order valence-corrected chi connectivity index (χ1v) is 8.93. The lowest BCUT2D eigenvalue weighted by atomic mass is 9.85. The Hall–Kier alpha value is -3.42. The van der Waals surface area contributed by atoms with Crippen LogP contribution in [0.15, 0.2) is 30.3 Å². The smallest absolute Gasteiger partial charge is 0.471 e. The van der Waals surface area contributed by atoms with Crippen molar-refractivity contribution in [2.75, 3.05) is 25.1 Å². The van der Waals surface area contributed by atoms with Gasteiger partial charge in [0.15, 0.2) is 23.1 Å². The summed E-state index contributed by atoms with van der Waals surface area (Å²) in [5.74, 6) is -2.89. The molecular formula is C19H17F4N5O2. The zero-order valence-electron chi connectivity index (χ0n) is 15.8. The molecule has 2 unspecified atom stereocenters. The second kappa shape index (κ2) is 8.52. The molecule has 1 saturated heterocycles. The Balaban J connectivity index is 1.87. The minimum Gasteiger partial charge on any atom is -0.494 e. The summed E-state index contributed by atoms with van der Waals surface area (Å²) in [6, 6.07) is 8.00. The van der Waals surface area contributed by atoms with Crippen molar-refractivity contribution < 1.29 is 27.1 Å². The predicted molar refractivity (Wildman–Crippen MR) is 97.3 cm³/mol. The van der Waals surface area contributed by atoms with Gasteiger partial charge in [-0.1, -0.05) is 6.07 Å². The lowest BCUT2D eigenvalue weighted by molar-refractivity contribution is -0.174. The van der Waals surface area contributed by atoms with E-state index in [0.717, 1.165) is 0 Å². The maximum atomic E-state index is 14.1. The molecule has 0 aliphatic carbocycles. The Labute approximate surface area is 169 Å². The number of hydrogen-bond donors (Lipinski definition) is 1. The fourth-order valence-corrected chi connectivity index (χ4v) is 3.42. The molecule has 1 aliphatic rings. The highest BCUT2D eigenvalue weighted by molar-refractivity contribution is 5.82. The molecule has 30 heavy (non-hydrogen) atoms. The Morgan fingerprint density at radius 2 is 2.07 bits per heavy atom. The number of carbonyl (C=O) groups is 1. The zero-order chi connectivity index (χ0) is 21.9. The van der Waals surface area contributed by atoms with Crippen LogP contribution in [-0.4, -0.2) is 48.5 Å². The molecule has 0 radical (unpaired) electrons. The minimum atomic E-state index is -5.05. The molecule has 1 aromatic heterocycles. The van der Waals surface area contributed by atoms with Crippen LogP contribution in [0.5, 0.6) is 5.75 Å². The summed E-state index contributed by atoms with van der Waals surface area (Å²) in [7, 11) is 1.31. The molecular weight excluding hydrogens is 406 g/mol. The largest absolute Gasteiger partial charge is 0.494 e. The molecule has 7 nitrogen and oxygen atoms in total. The number of carbonyl (C=O) groups excluding carboxylic acids is 1. The number of methoxy groups -OCH3 is 1. The Bertz CT molecular complexity index is 959. The van der Waals surface area contributed by atoms with E-state index < -0.39 is 29.9 Å². The van der Waals surface area contributed by atoms with E-state index in [9.17, 15) is 22.4 Å². The summed E-state index contributed by atoms with van der Waals surface area (Å²) in [5.41, 5.74) is 0.551. The molecule has 1 fully saturated rings. The number of hydrogen-bond acceptors (Lipinski definition) is 6. The van der Waals surface area contributed by atoms with E-state index in [1.807, 2.05) is 11.4 Å². The molecule has 0 spiro atoms. The summed E-state index contributed by atoms with van der Waals surface area (Å²) in [6.45, 7) is 0.387. The number of aromatic nitrogens is 2. The van der Waals surface area contributed by atoms with Gasteiger partial charge in [0, 0.05) is 19.0 Å². The quantitative estimate of drug-likeness (QED) is 0.760. The van der Waals surface area contributed by atoms with Gasteiger partial charge in [-0.15, -0.1) is 10.2 Å². The van der Waals surface area contributed by atoms with Crippen molar-refractivity contribution in [1.82, 2.24) is 15.5 Å². The van der Waals surface area contributed by atoms with Gasteiger partial charge in [0.2, 0.25) is 0 Å². The van der Waals surface area contributed by atoms with Gasteiger partial charge in [0.05, 0.1) is 13.2 Å². The molecule has 2 atom stereocenters. The summed E-state index contributed by atoms with van der Waals surface area (Å²) >= 11 is 0. The summed E-state index contributed by atoms with van der Waals surface area (Å²) < 4.78 is 57.6. The van der Waals surface area contributed by atoms with Gasteiger partial charge < -0.3 is 15.0 Å². The van der Waals surface area contributed by atoms with E-state index in [2.05, 4.69) is 10.2 Å². The van der Waals surface area contributed by atoms with Crippen LogP contribution in [0.4, 0.5) is 23.4 Å². The van der Waals surface area contributed by atoms with Crippen LogP contribution in [0.2, 0.25) is 0 Å². The Morgan fingerprint density at radius 1 is 1.30 bits per heavy atom. The summed E-state index contributed by atoms with van der Waals surface area (Å²) in [4.78, 5) is 13.2. The van der Waals surface area contributed by atoms with Crippen LogP contribution in [-0.2, 0) is 4.79 Å². The van der Waals surface area contributed by atoms with Crippen LogP contribution in [0.25, 0.3) is 0 Å². The standard InChI is InChI=1S/C19H17F4N5O2/c1-30-16-4-2-11(8-14(16)20)13-6-7-28(17-5-3-12(9-24)26-27-17)10-15(13)25-18(29)19(21,22)23/h2-5,8,13,15H,6-7,10H2,1H3,(H,25,29). The Kier molecular flexibility index (Phi) is 6.05. The van der Waals surface area contributed by atoms with Crippen LogP contribution in [0.1, 0.15) is 23.6 Å². The van der Waals surface area contributed by atoms with Crippen molar-refractivity contribution in [3.8, 4) is 11.8 Å². The van der Waals surface area contributed by atoms with Crippen molar-refractivity contribution in [1.29, 1.82) is 5.26 Å². The highest BCUT2D eigenvalue weighted by atomic mass is 19.4. The summed E-state index contributed by atoms with van der Waals surface area (Å²) in [5, 5.41) is 18.5. The SMILES string of the molecule is COc1ccc(C2CCN(c3ccc(C#N)nn3)CC2NC(=O)C(F)(F)F)cc1F. The van der Waals surface area contributed by atoms with E-state index in [4.69, 9.17) is 10.00 Å².